The van der Waals surface area contributed by atoms with E-state index in [1.54, 1.807) is 0 Å². The largest absolute Gasteiger partial charge is 0.506 e. The molecule has 4 unspecified atom stereocenters. The number of hydrogen-bond donors (Lipinski definition) is 4. The Morgan fingerprint density at radius 3 is 0.957 bits per heavy atom. The van der Waals surface area contributed by atoms with E-state index in [-0.39, 0.29) is 6.42 Å². The molecule has 23 heavy (non-hydrogen) atoms. The number of ether oxygens (including phenoxy) is 4. The first-order valence-corrected chi connectivity index (χ1v) is 6.29. The van der Waals surface area contributed by atoms with Crippen LogP contribution >= 0.6 is 0 Å². The Morgan fingerprint density at radius 2 is 0.783 bits per heavy atom. The van der Waals surface area contributed by atoms with Gasteiger partial charge in [0.05, 0.1) is 0 Å². The van der Waals surface area contributed by atoms with E-state index in [0.29, 0.717) is 0 Å². The Balaban J connectivity index is 2.28. The summed E-state index contributed by atoms with van der Waals surface area (Å²) in [5.74, 6) is -1.86. The Hall–Kier alpha value is -2.92. The minimum absolute atomic E-state index is 0.0196. The molecule has 0 aliphatic heterocycles. The van der Waals surface area contributed by atoms with Crippen molar-refractivity contribution in [2.24, 2.45) is 11.8 Å². The minimum atomic E-state index is -1.72. The van der Waals surface area contributed by atoms with Gasteiger partial charge in [-0.25, -0.2) is 19.2 Å². The normalized spacial score (nSPS) is 34.4. The molecule has 0 saturated heterocycles. The van der Waals surface area contributed by atoms with E-state index in [2.05, 4.69) is 18.9 Å². The van der Waals surface area contributed by atoms with Crippen molar-refractivity contribution in [3.8, 4) is 0 Å². The van der Waals surface area contributed by atoms with Gasteiger partial charge in [-0.05, 0) is 6.42 Å². The molecule has 0 amide bonds. The second kappa shape index (κ2) is 6.06. The molecule has 0 spiro atoms. The Kier molecular flexibility index (Phi) is 4.33. The van der Waals surface area contributed by atoms with Crippen LogP contribution in [0, 0.1) is 11.8 Å². The number of carbonyl (C=O) groups is 4. The van der Waals surface area contributed by atoms with Gasteiger partial charge in [-0.3, -0.25) is 0 Å². The lowest BCUT2D eigenvalue weighted by molar-refractivity contribution is -0.141. The molecule has 128 valence electrons. The maximum absolute atomic E-state index is 10.7. The van der Waals surface area contributed by atoms with Crippen molar-refractivity contribution in [1.82, 2.24) is 0 Å². The van der Waals surface area contributed by atoms with Gasteiger partial charge >= 0.3 is 24.6 Å². The summed E-state index contributed by atoms with van der Waals surface area (Å²) in [7, 11) is 0. The first-order valence-electron chi connectivity index (χ1n) is 6.29. The smallest absolute Gasteiger partial charge is 0.450 e. The van der Waals surface area contributed by atoms with Crippen LogP contribution in [0.2, 0.25) is 0 Å². The lowest BCUT2D eigenvalue weighted by atomic mass is 9.89. The summed E-state index contributed by atoms with van der Waals surface area (Å²) in [6, 6.07) is 0. The van der Waals surface area contributed by atoms with Crippen molar-refractivity contribution in [3.63, 3.8) is 0 Å². The van der Waals surface area contributed by atoms with Gasteiger partial charge in [0.15, 0.2) is 0 Å². The molecule has 2 fully saturated rings. The zero-order chi connectivity index (χ0) is 17.3. The molecule has 2 aliphatic rings. The fraction of sp³-hybridized carbons (Fsp3) is 0.636. The average molecular weight is 336 g/mol. The fourth-order valence-corrected chi connectivity index (χ4v) is 3.28. The van der Waals surface area contributed by atoms with E-state index in [4.69, 9.17) is 20.4 Å². The van der Waals surface area contributed by atoms with E-state index >= 15 is 0 Å². The predicted octanol–water partition coefficient (Wildman–Crippen LogP) is 0.889. The molecule has 12 nitrogen and oxygen atoms in total. The van der Waals surface area contributed by atoms with E-state index in [9.17, 15) is 19.2 Å². The van der Waals surface area contributed by atoms with Crippen molar-refractivity contribution < 1.29 is 58.6 Å². The highest BCUT2D eigenvalue weighted by Crippen LogP contribution is 2.50. The molecule has 0 aromatic heterocycles. The summed E-state index contributed by atoms with van der Waals surface area (Å²) >= 11 is 0. The lowest BCUT2D eigenvalue weighted by Crippen LogP contribution is -2.53. The predicted molar refractivity (Wildman–Crippen MR) is 63.2 cm³/mol. The van der Waals surface area contributed by atoms with Crippen LogP contribution in [0.4, 0.5) is 19.2 Å². The van der Waals surface area contributed by atoms with E-state index in [1.807, 2.05) is 0 Å². The molecule has 4 N–H and O–H groups in total. The van der Waals surface area contributed by atoms with Gasteiger partial charge in [0.25, 0.3) is 0 Å². The maximum atomic E-state index is 10.7. The third-order valence-electron chi connectivity index (χ3n) is 3.83. The van der Waals surface area contributed by atoms with Crippen LogP contribution in [0.25, 0.3) is 0 Å². The topological polar surface area (TPSA) is 186 Å². The minimum Gasteiger partial charge on any atom is -0.450 e. The van der Waals surface area contributed by atoms with Crippen LogP contribution in [0.15, 0.2) is 0 Å². The highest BCUT2D eigenvalue weighted by molar-refractivity contribution is 5.60. The summed E-state index contributed by atoms with van der Waals surface area (Å²) in [5.41, 5.74) is 0. The lowest BCUT2D eigenvalue weighted by Gasteiger charge is -2.36. The summed E-state index contributed by atoms with van der Waals surface area (Å²) in [5, 5.41) is 34.9. The third-order valence-corrected chi connectivity index (χ3v) is 3.83. The summed E-state index contributed by atoms with van der Waals surface area (Å²) in [4.78, 5) is 43.0. The van der Waals surface area contributed by atoms with Crippen molar-refractivity contribution in [2.45, 2.75) is 30.8 Å². The first kappa shape index (κ1) is 16.5. The Labute approximate surface area is 127 Å². The van der Waals surface area contributed by atoms with Crippen molar-refractivity contribution in [3.05, 3.63) is 0 Å². The molecule has 12 heteroatoms. The van der Waals surface area contributed by atoms with Crippen LogP contribution in [0.1, 0.15) is 6.42 Å². The average Bonchev–Trinajstić information content (AvgIpc) is 2.86. The van der Waals surface area contributed by atoms with Gasteiger partial charge in [0.2, 0.25) is 0 Å². The van der Waals surface area contributed by atoms with Gasteiger partial charge in [-0.15, -0.1) is 0 Å². The van der Waals surface area contributed by atoms with Gasteiger partial charge in [-0.1, -0.05) is 0 Å². The van der Waals surface area contributed by atoms with Crippen LogP contribution in [0.3, 0.4) is 0 Å². The molecular weight excluding hydrogens is 324 g/mol. The SMILES string of the molecule is O=C(O)OC1C2CC(C1OC(=O)O)C(OC(=O)O)C2OC(=O)O. The van der Waals surface area contributed by atoms with Crippen LogP contribution < -0.4 is 0 Å². The molecule has 2 aliphatic carbocycles. The summed E-state index contributed by atoms with van der Waals surface area (Å²) in [6.45, 7) is 0. The second-order valence-corrected chi connectivity index (χ2v) is 4.96. The molecule has 2 rings (SSSR count). The highest BCUT2D eigenvalue weighted by Gasteiger charge is 2.65. The fourth-order valence-electron chi connectivity index (χ4n) is 3.28. The summed E-state index contributed by atoms with van der Waals surface area (Å²) < 4.78 is 18.3. The van der Waals surface area contributed by atoms with Gasteiger partial charge in [-0.2, -0.15) is 0 Å². The van der Waals surface area contributed by atoms with Crippen LogP contribution in [0.5, 0.6) is 0 Å². The maximum Gasteiger partial charge on any atom is 0.506 e. The quantitative estimate of drug-likeness (QED) is 0.420. The zero-order valence-electron chi connectivity index (χ0n) is 11.2. The standard InChI is InChI=1S/C11H12O12/c12-8(13)20-4-2-1-3(6(4)22-10(16)17)7(23-11(18)19)5(2)21-9(14)15/h2-7H,1H2,(H,12,13)(H,14,15)(H,16,17)(H,18,19). The molecule has 0 aromatic rings. The Bertz CT molecular complexity index is 439. The monoisotopic (exact) mass is 336 g/mol. The molecule has 0 aromatic carbocycles. The molecule has 2 bridgehead atoms. The first-order chi connectivity index (χ1) is 10.7. The summed E-state index contributed by atoms with van der Waals surface area (Å²) in [6.07, 6.45) is -12.2. The molecular formula is C11H12O12. The Morgan fingerprint density at radius 1 is 0.565 bits per heavy atom. The number of hydrogen-bond acceptors (Lipinski definition) is 8. The third kappa shape index (κ3) is 3.30. The van der Waals surface area contributed by atoms with E-state index in [1.165, 1.54) is 0 Å². The molecule has 4 atom stereocenters. The number of carboxylic acid groups (broad SMARTS) is 4. The van der Waals surface area contributed by atoms with Crippen molar-refractivity contribution in [2.75, 3.05) is 0 Å². The zero-order valence-corrected chi connectivity index (χ0v) is 11.2. The number of fused-ring (bicyclic) bond motifs is 2. The van der Waals surface area contributed by atoms with Crippen LogP contribution in [-0.2, 0) is 18.9 Å². The molecule has 0 radical (unpaired) electrons. The van der Waals surface area contributed by atoms with Gasteiger partial charge in [0, 0.05) is 11.8 Å². The van der Waals surface area contributed by atoms with E-state index < -0.39 is 60.9 Å². The number of rotatable bonds is 4. The molecule has 0 heterocycles. The van der Waals surface area contributed by atoms with E-state index in [0.717, 1.165) is 0 Å². The van der Waals surface area contributed by atoms with Crippen LogP contribution in [-0.4, -0.2) is 69.5 Å². The van der Waals surface area contributed by atoms with Crippen molar-refractivity contribution >= 4 is 24.6 Å². The van der Waals surface area contributed by atoms with Gasteiger partial charge in [0.1, 0.15) is 24.4 Å². The highest BCUT2D eigenvalue weighted by atomic mass is 16.7. The second-order valence-electron chi connectivity index (χ2n) is 4.96. The van der Waals surface area contributed by atoms with Gasteiger partial charge < -0.3 is 39.4 Å². The van der Waals surface area contributed by atoms with Crippen molar-refractivity contribution in [1.29, 1.82) is 0 Å². The molecule has 2 saturated carbocycles.